The van der Waals surface area contributed by atoms with E-state index in [-0.39, 0.29) is 0 Å². The number of benzene rings is 2. The molecule has 0 spiro atoms. The third-order valence-electron chi connectivity index (χ3n) is 2.90. The zero-order chi connectivity index (χ0) is 13.8. The topological polar surface area (TPSA) is 17.9 Å². The number of nitrogens with zero attached hydrogens (tertiary/aromatic N) is 2. The molecule has 3 nitrogen and oxygen atoms in total. The summed E-state index contributed by atoms with van der Waals surface area (Å²) in [7, 11) is 0. The van der Waals surface area contributed by atoms with Crippen LogP contribution in [0.3, 0.4) is 0 Å². The molecule has 0 aliphatic heterocycles. The fourth-order valence-electron chi connectivity index (χ4n) is 1.73. The van der Waals surface area contributed by atoms with Crippen LogP contribution in [0.5, 0.6) is 11.5 Å². The zero-order valence-corrected chi connectivity index (χ0v) is 10.8. The third kappa shape index (κ3) is 2.56. The minimum atomic E-state index is 0.579. The Hall–Kier alpha value is -2.78. The Balaban J connectivity index is 2.38. The molecule has 0 saturated carbocycles. The second kappa shape index (κ2) is 5.25. The summed E-state index contributed by atoms with van der Waals surface area (Å²) in [6, 6.07) is 10.8. The second-order valence-electron chi connectivity index (χ2n) is 4.17. The molecule has 0 fully saturated rings. The van der Waals surface area contributed by atoms with Crippen molar-refractivity contribution in [1.29, 1.82) is 0 Å². The molecule has 0 aromatic heterocycles. The van der Waals surface area contributed by atoms with Crippen molar-refractivity contribution in [2.45, 2.75) is 13.8 Å². The summed E-state index contributed by atoms with van der Waals surface area (Å²) in [5, 5.41) is 0. The SMILES string of the molecule is [C-]#[N+]c1cc(Oc2cccc([N+]#[C-])c2C)ccc1C. The van der Waals surface area contributed by atoms with Crippen molar-refractivity contribution in [2.24, 2.45) is 0 Å². The average Bonchev–Trinajstić information content (AvgIpc) is 2.43. The maximum Gasteiger partial charge on any atom is 0.193 e. The molecular formula is C16H12N2O. The first kappa shape index (κ1) is 12.7. The van der Waals surface area contributed by atoms with Gasteiger partial charge in [0.15, 0.2) is 11.4 Å². The van der Waals surface area contributed by atoms with Crippen LogP contribution >= 0.6 is 0 Å². The van der Waals surface area contributed by atoms with Gasteiger partial charge in [-0.25, -0.2) is 9.69 Å². The minimum Gasteiger partial charge on any atom is -0.460 e. The lowest BCUT2D eigenvalue weighted by Gasteiger charge is -2.10. The van der Waals surface area contributed by atoms with Crippen molar-refractivity contribution in [3.05, 3.63) is 70.4 Å². The van der Waals surface area contributed by atoms with Gasteiger partial charge >= 0.3 is 0 Å². The molecule has 2 rings (SSSR count). The largest absolute Gasteiger partial charge is 0.460 e. The summed E-state index contributed by atoms with van der Waals surface area (Å²) in [5.41, 5.74) is 2.89. The molecule has 19 heavy (non-hydrogen) atoms. The van der Waals surface area contributed by atoms with E-state index >= 15 is 0 Å². The van der Waals surface area contributed by atoms with Crippen LogP contribution in [0.15, 0.2) is 36.4 Å². The van der Waals surface area contributed by atoms with E-state index in [1.807, 2.05) is 32.0 Å². The molecule has 0 amide bonds. The summed E-state index contributed by atoms with van der Waals surface area (Å²) in [4.78, 5) is 6.89. The van der Waals surface area contributed by atoms with Crippen molar-refractivity contribution >= 4 is 11.4 Å². The third-order valence-corrected chi connectivity index (χ3v) is 2.90. The van der Waals surface area contributed by atoms with Gasteiger partial charge < -0.3 is 4.74 Å². The van der Waals surface area contributed by atoms with E-state index in [2.05, 4.69) is 9.69 Å². The van der Waals surface area contributed by atoms with E-state index in [0.29, 0.717) is 22.9 Å². The molecule has 0 saturated heterocycles. The maximum absolute atomic E-state index is 7.10. The maximum atomic E-state index is 7.10. The Bertz CT molecular complexity index is 706. The van der Waals surface area contributed by atoms with Crippen molar-refractivity contribution in [1.82, 2.24) is 0 Å². The first-order valence-electron chi connectivity index (χ1n) is 5.78. The summed E-state index contributed by atoms with van der Waals surface area (Å²) >= 11 is 0. The smallest absolute Gasteiger partial charge is 0.193 e. The van der Waals surface area contributed by atoms with Crippen LogP contribution in [-0.2, 0) is 0 Å². The predicted octanol–water partition coefficient (Wildman–Crippen LogP) is 5.20. The van der Waals surface area contributed by atoms with Crippen LogP contribution in [0.2, 0.25) is 0 Å². The molecule has 0 bridgehead atoms. The van der Waals surface area contributed by atoms with Gasteiger partial charge in [0, 0.05) is 0 Å². The summed E-state index contributed by atoms with van der Waals surface area (Å²) < 4.78 is 5.76. The quantitative estimate of drug-likeness (QED) is 0.668. The van der Waals surface area contributed by atoms with Crippen molar-refractivity contribution < 1.29 is 4.74 Å². The molecule has 0 N–H and O–H groups in total. The van der Waals surface area contributed by atoms with Crippen molar-refractivity contribution in [3.8, 4) is 11.5 Å². The van der Waals surface area contributed by atoms with Crippen molar-refractivity contribution in [2.75, 3.05) is 0 Å². The lowest BCUT2D eigenvalue weighted by Crippen LogP contribution is -1.87. The van der Waals surface area contributed by atoms with E-state index in [4.69, 9.17) is 17.9 Å². The van der Waals surface area contributed by atoms with Crippen LogP contribution < -0.4 is 4.74 Å². The van der Waals surface area contributed by atoms with E-state index < -0.39 is 0 Å². The number of hydrogen-bond donors (Lipinski definition) is 0. The van der Waals surface area contributed by atoms with Crippen molar-refractivity contribution in [3.63, 3.8) is 0 Å². The Morgan fingerprint density at radius 3 is 2.37 bits per heavy atom. The molecule has 2 aromatic rings. The standard InChI is InChI=1S/C16H12N2O/c1-11-8-9-13(10-15(11)18-4)19-16-7-5-6-14(17-3)12(16)2/h5-10H,1-2H3. The Morgan fingerprint density at radius 2 is 1.68 bits per heavy atom. The van der Waals surface area contributed by atoms with Gasteiger partial charge in [0.1, 0.15) is 11.5 Å². The van der Waals surface area contributed by atoms with E-state index in [1.165, 1.54) is 0 Å². The Kier molecular flexibility index (Phi) is 3.50. The molecule has 92 valence electrons. The molecule has 2 aromatic carbocycles. The van der Waals surface area contributed by atoms with Gasteiger partial charge in [0.2, 0.25) is 0 Å². The zero-order valence-electron chi connectivity index (χ0n) is 10.8. The minimum absolute atomic E-state index is 0.579. The first-order valence-corrected chi connectivity index (χ1v) is 5.78. The molecule has 0 atom stereocenters. The molecule has 0 radical (unpaired) electrons. The summed E-state index contributed by atoms with van der Waals surface area (Å²) in [6.45, 7) is 17.9. The van der Waals surface area contributed by atoms with Gasteiger partial charge in [-0.05, 0) is 43.2 Å². The van der Waals surface area contributed by atoms with E-state index in [9.17, 15) is 0 Å². The highest BCUT2D eigenvalue weighted by Gasteiger charge is 2.07. The van der Waals surface area contributed by atoms with Crippen LogP contribution in [0.1, 0.15) is 11.1 Å². The predicted molar refractivity (Wildman–Crippen MR) is 75.0 cm³/mol. The van der Waals surface area contributed by atoms with Gasteiger partial charge in [-0.3, -0.25) is 0 Å². The van der Waals surface area contributed by atoms with E-state index in [0.717, 1.165) is 11.1 Å². The summed E-state index contributed by atoms with van der Waals surface area (Å²) in [5.74, 6) is 1.26. The normalized spacial score (nSPS) is 9.47. The number of hydrogen-bond acceptors (Lipinski definition) is 1. The molecular weight excluding hydrogens is 236 g/mol. The average molecular weight is 248 g/mol. The van der Waals surface area contributed by atoms with Gasteiger partial charge in [0.05, 0.1) is 13.1 Å². The Morgan fingerprint density at radius 1 is 0.947 bits per heavy atom. The van der Waals surface area contributed by atoms with Crippen LogP contribution in [0, 0.1) is 27.0 Å². The first-order chi connectivity index (χ1) is 9.15. The molecule has 3 heteroatoms. The van der Waals surface area contributed by atoms with Gasteiger partial charge in [-0.1, -0.05) is 18.2 Å². The van der Waals surface area contributed by atoms with Crippen LogP contribution in [0.25, 0.3) is 9.69 Å². The molecule has 0 unspecified atom stereocenters. The van der Waals surface area contributed by atoms with Gasteiger partial charge in [-0.2, -0.15) is 0 Å². The molecule has 0 aliphatic carbocycles. The number of ether oxygens (including phenoxy) is 1. The van der Waals surface area contributed by atoms with Crippen LogP contribution in [-0.4, -0.2) is 0 Å². The number of rotatable bonds is 2. The molecule has 0 aliphatic rings. The fraction of sp³-hybridized carbons (Fsp3) is 0.125. The molecule has 0 heterocycles. The highest BCUT2D eigenvalue weighted by molar-refractivity contribution is 5.60. The van der Waals surface area contributed by atoms with Crippen LogP contribution in [0.4, 0.5) is 11.4 Å². The van der Waals surface area contributed by atoms with Gasteiger partial charge in [-0.15, -0.1) is 0 Å². The van der Waals surface area contributed by atoms with E-state index in [1.54, 1.807) is 18.2 Å². The van der Waals surface area contributed by atoms with Gasteiger partial charge in [0.25, 0.3) is 0 Å². The Labute approximate surface area is 112 Å². The highest BCUT2D eigenvalue weighted by atomic mass is 16.5. The highest BCUT2D eigenvalue weighted by Crippen LogP contribution is 2.33. The lowest BCUT2D eigenvalue weighted by atomic mass is 10.1. The second-order valence-corrected chi connectivity index (χ2v) is 4.17. The summed E-state index contributed by atoms with van der Waals surface area (Å²) in [6.07, 6.45) is 0. The lowest BCUT2D eigenvalue weighted by molar-refractivity contribution is 0.479. The fourth-order valence-corrected chi connectivity index (χ4v) is 1.73. The monoisotopic (exact) mass is 248 g/mol. The number of aryl methyl sites for hydroxylation is 1.